The standard InChI is InChI=1S/C19H20N4O2S/c1-4-25-16-8-6-5-7-15(16)18-21-22-19(26)23(18)20-11-14-9-12(2)17(24)13(3)10-14/h5-11,24H,4H2,1-3H3,(H,22,26)/b20-11+. The van der Waals surface area contributed by atoms with Gasteiger partial charge in [-0.15, -0.1) is 0 Å². The molecule has 0 aliphatic rings. The van der Waals surface area contributed by atoms with E-state index in [1.807, 2.05) is 57.2 Å². The largest absolute Gasteiger partial charge is 0.507 e. The number of para-hydroxylation sites is 1. The minimum Gasteiger partial charge on any atom is -0.507 e. The van der Waals surface area contributed by atoms with Crippen molar-refractivity contribution in [1.82, 2.24) is 14.9 Å². The SMILES string of the molecule is CCOc1ccccc1-c1n[nH]c(=S)n1/N=C/c1cc(C)c(O)c(C)c1. The predicted octanol–water partition coefficient (Wildman–Crippen LogP) is 4.21. The smallest absolute Gasteiger partial charge is 0.216 e. The van der Waals surface area contributed by atoms with Crippen LogP contribution in [0.25, 0.3) is 11.4 Å². The van der Waals surface area contributed by atoms with Crippen molar-refractivity contribution in [3.63, 3.8) is 0 Å². The van der Waals surface area contributed by atoms with Gasteiger partial charge in [-0.1, -0.05) is 12.1 Å². The van der Waals surface area contributed by atoms with E-state index < -0.39 is 0 Å². The van der Waals surface area contributed by atoms with E-state index in [4.69, 9.17) is 17.0 Å². The van der Waals surface area contributed by atoms with Crippen molar-refractivity contribution in [1.29, 1.82) is 0 Å². The van der Waals surface area contributed by atoms with E-state index >= 15 is 0 Å². The van der Waals surface area contributed by atoms with Gasteiger partial charge in [-0.25, -0.2) is 5.10 Å². The van der Waals surface area contributed by atoms with Crippen LogP contribution in [-0.4, -0.2) is 32.8 Å². The Kier molecular flexibility index (Phi) is 5.18. The lowest BCUT2D eigenvalue weighted by molar-refractivity contribution is 0.341. The lowest BCUT2D eigenvalue weighted by atomic mass is 10.1. The van der Waals surface area contributed by atoms with Crippen molar-refractivity contribution in [3.8, 4) is 22.9 Å². The highest BCUT2D eigenvalue weighted by Crippen LogP contribution is 2.28. The summed E-state index contributed by atoms with van der Waals surface area (Å²) in [5.41, 5.74) is 3.26. The quantitative estimate of drug-likeness (QED) is 0.522. The second kappa shape index (κ2) is 7.53. The first-order valence-corrected chi connectivity index (χ1v) is 8.66. The highest BCUT2D eigenvalue weighted by molar-refractivity contribution is 7.71. The monoisotopic (exact) mass is 368 g/mol. The molecule has 0 fully saturated rings. The fourth-order valence-corrected chi connectivity index (χ4v) is 2.87. The molecule has 0 unspecified atom stereocenters. The second-order valence-electron chi connectivity index (χ2n) is 5.84. The number of phenolic OH excluding ortho intramolecular Hbond substituents is 1. The molecule has 0 saturated heterocycles. The van der Waals surface area contributed by atoms with E-state index in [9.17, 15) is 5.11 Å². The molecule has 0 radical (unpaired) electrons. The van der Waals surface area contributed by atoms with Crippen LogP contribution in [0.1, 0.15) is 23.6 Å². The fourth-order valence-electron chi connectivity index (χ4n) is 2.69. The van der Waals surface area contributed by atoms with Crippen molar-refractivity contribution in [3.05, 3.63) is 57.9 Å². The molecule has 3 rings (SSSR count). The van der Waals surface area contributed by atoms with E-state index in [0.29, 0.717) is 23.0 Å². The summed E-state index contributed by atoms with van der Waals surface area (Å²) in [5.74, 6) is 1.59. The summed E-state index contributed by atoms with van der Waals surface area (Å²) >= 11 is 5.32. The van der Waals surface area contributed by atoms with E-state index in [2.05, 4.69) is 15.3 Å². The predicted molar refractivity (Wildman–Crippen MR) is 105 cm³/mol. The molecule has 0 amide bonds. The molecule has 2 aromatic carbocycles. The minimum atomic E-state index is 0.299. The van der Waals surface area contributed by atoms with Gasteiger partial charge in [-0.2, -0.15) is 14.9 Å². The average molecular weight is 368 g/mol. The van der Waals surface area contributed by atoms with Gasteiger partial charge in [0.25, 0.3) is 0 Å². The molecular weight excluding hydrogens is 348 g/mol. The topological polar surface area (TPSA) is 75.4 Å². The first-order valence-electron chi connectivity index (χ1n) is 8.25. The Hall–Kier alpha value is -2.93. The maximum absolute atomic E-state index is 9.91. The molecule has 2 N–H and O–H groups in total. The van der Waals surface area contributed by atoms with Crippen LogP contribution in [0.2, 0.25) is 0 Å². The summed E-state index contributed by atoms with van der Waals surface area (Å²) in [6, 6.07) is 11.3. The zero-order valence-electron chi connectivity index (χ0n) is 14.9. The average Bonchev–Trinajstić information content (AvgIpc) is 2.99. The van der Waals surface area contributed by atoms with Crippen LogP contribution in [0.15, 0.2) is 41.5 Å². The number of benzene rings is 2. The van der Waals surface area contributed by atoms with E-state index in [1.54, 1.807) is 10.9 Å². The summed E-state index contributed by atoms with van der Waals surface area (Å²) in [6.07, 6.45) is 1.69. The molecule has 134 valence electrons. The molecule has 26 heavy (non-hydrogen) atoms. The molecule has 1 heterocycles. The maximum Gasteiger partial charge on any atom is 0.216 e. The van der Waals surface area contributed by atoms with Gasteiger partial charge in [0, 0.05) is 0 Å². The highest BCUT2D eigenvalue weighted by Gasteiger charge is 2.13. The minimum absolute atomic E-state index is 0.299. The van der Waals surface area contributed by atoms with Gasteiger partial charge in [-0.05, 0) is 73.9 Å². The van der Waals surface area contributed by atoms with Crippen molar-refractivity contribution in [2.45, 2.75) is 20.8 Å². The summed E-state index contributed by atoms with van der Waals surface area (Å²) in [7, 11) is 0. The molecule has 0 spiro atoms. The number of aryl methyl sites for hydroxylation is 2. The number of nitrogens with one attached hydrogen (secondary N) is 1. The van der Waals surface area contributed by atoms with E-state index in [-0.39, 0.29) is 0 Å². The first kappa shape index (κ1) is 17.9. The van der Waals surface area contributed by atoms with Crippen LogP contribution in [0.3, 0.4) is 0 Å². The zero-order chi connectivity index (χ0) is 18.7. The first-order chi connectivity index (χ1) is 12.5. The summed E-state index contributed by atoms with van der Waals surface area (Å²) in [6.45, 7) is 6.19. The second-order valence-corrected chi connectivity index (χ2v) is 6.23. The van der Waals surface area contributed by atoms with Crippen molar-refractivity contribution >= 4 is 18.4 Å². The van der Waals surface area contributed by atoms with Crippen LogP contribution >= 0.6 is 12.2 Å². The third-order valence-corrected chi connectivity index (χ3v) is 4.18. The number of nitrogens with zero attached hydrogens (tertiary/aromatic N) is 3. The van der Waals surface area contributed by atoms with Gasteiger partial charge in [0.05, 0.1) is 18.4 Å². The van der Waals surface area contributed by atoms with E-state index in [1.165, 1.54) is 0 Å². The number of aromatic nitrogens is 3. The van der Waals surface area contributed by atoms with Crippen molar-refractivity contribution in [2.75, 3.05) is 6.61 Å². The molecule has 0 saturated carbocycles. The zero-order valence-corrected chi connectivity index (χ0v) is 15.7. The molecular formula is C19H20N4O2S. The van der Waals surface area contributed by atoms with Crippen LogP contribution in [0.5, 0.6) is 11.5 Å². The molecule has 0 aliphatic heterocycles. The molecule has 0 bridgehead atoms. The Balaban J connectivity index is 2.03. The number of hydrogen-bond acceptors (Lipinski definition) is 5. The van der Waals surface area contributed by atoms with Gasteiger partial charge in [-0.3, -0.25) is 0 Å². The Bertz CT molecular complexity index is 997. The summed E-state index contributed by atoms with van der Waals surface area (Å²) < 4.78 is 7.63. The van der Waals surface area contributed by atoms with Gasteiger partial charge < -0.3 is 9.84 Å². The van der Waals surface area contributed by atoms with Crippen molar-refractivity contribution < 1.29 is 9.84 Å². The third kappa shape index (κ3) is 3.52. The third-order valence-electron chi connectivity index (χ3n) is 3.91. The number of ether oxygens (including phenoxy) is 1. The maximum atomic E-state index is 9.91. The van der Waals surface area contributed by atoms with Crippen LogP contribution in [0, 0.1) is 18.6 Å². The number of aromatic hydroxyl groups is 1. The van der Waals surface area contributed by atoms with Gasteiger partial charge >= 0.3 is 0 Å². The summed E-state index contributed by atoms with van der Waals surface area (Å²) in [4.78, 5) is 0. The van der Waals surface area contributed by atoms with Gasteiger partial charge in [0.1, 0.15) is 11.5 Å². The number of aromatic amines is 1. The summed E-state index contributed by atoms with van der Waals surface area (Å²) in [5, 5.41) is 21.5. The fraction of sp³-hybridized carbons (Fsp3) is 0.211. The van der Waals surface area contributed by atoms with Crippen LogP contribution in [0.4, 0.5) is 0 Å². The Morgan fingerprint density at radius 3 is 2.65 bits per heavy atom. The lowest BCUT2D eigenvalue weighted by Gasteiger charge is -2.09. The van der Waals surface area contributed by atoms with Crippen LogP contribution in [-0.2, 0) is 0 Å². The normalized spacial score (nSPS) is 11.2. The number of H-pyrrole nitrogens is 1. The molecule has 6 nitrogen and oxygen atoms in total. The lowest BCUT2D eigenvalue weighted by Crippen LogP contribution is -1.99. The van der Waals surface area contributed by atoms with Crippen molar-refractivity contribution in [2.24, 2.45) is 5.10 Å². The molecule has 3 aromatic rings. The Morgan fingerprint density at radius 1 is 1.27 bits per heavy atom. The number of phenols is 1. The Labute approximate surface area is 156 Å². The van der Waals surface area contributed by atoms with E-state index in [0.717, 1.165) is 28.0 Å². The molecule has 1 aromatic heterocycles. The molecule has 7 heteroatoms. The van der Waals surface area contributed by atoms with Gasteiger partial charge in [0.15, 0.2) is 5.82 Å². The molecule has 0 atom stereocenters. The number of hydrogen-bond donors (Lipinski definition) is 2. The Morgan fingerprint density at radius 2 is 1.96 bits per heavy atom. The van der Waals surface area contributed by atoms with Crippen LogP contribution < -0.4 is 4.74 Å². The molecule has 0 aliphatic carbocycles. The van der Waals surface area contributed by atoms with Gasteiger partial charge in [0.2, 0.25) is 4.77 Å². The highest BCUT2D eigenvalue weighted by atomic mass is 32.1. The number of rotatable bonds is 5.